The zero-order chi connectivity index (χ0) is 9.68. The molecule has 0 radical (unpaired) electrons. The summed E-state index contributed by atoms with van der Waals surface area (Å²) in [6.45, 7) is 5.14. The fourth-order valence-electron chi connectivity index (χ4n) is 2.16. The molecule has 2 unspecified atom stereocenters. The molecule has 2 heteroatoms. The van der Waals surface area contributed by atoms with E-state index in [0.717, 1.165) is 19.0 Å². The van der Waals surface area contributed by atoms with Crippen LogP contribution in [0.5, 0.6) is 0 Å². The van der Waals surface area contributed by atoms with E-state index in [9.17, 15) is 5.11 Å². The SMILES string of the molecule is CC(O)CC(C)CNC1CCCC1. The van der Waals surface area contributed by atoms with Gasteiger partial charge in [-0.25, -0.2) is 0 Å². The van der Waals surface area contributed by atoms with Crippen LogP contribution in [-0.2, 0) is 0 Å². The minimum atomic E-state index is -0.152. The van der Waals surface area contributed by atoms with E-state index in [1.54, 1.807) is 0 Å². The standard InChI is InChI=1S/C11H23NO/c1-9(7-10(2)13)8-12-11-5-3-4-6-11/h9-13H,3-8H2,1-2H3. The van der Waals surface area contributed by atoms with Gasteiger partial charge in [-0.2, -0.15) is 0 Å². The fraction of sp³-hybridized carbons (Fsp3) is 1.00. The fourth-order valence-corrected chi connectivity index (χ4v) is 2.16. The molecule has 1 fully saturated rings. The summed E-state index contributed by atoms with van der Waals surface area (Å²) in [6.07, 6.45) is 6.24. The van der Waals surface area contributed by atoms with E-state index in [1.165, 1.54) is 25.7 Å². The first-order chi connectivity index (χ1) is 6.18. The van der Waals surface area contributed by atoms with Gasteiger partial charge in [0.1, 0.15) is 0 Å². The first-order valence-electron chi connectivity index (χ1n) is 5.60. The van der Waals surface area contributed by atoms with E-state index >= 15 is 0 Å². The van der Waals surface area contributed by atoms with Crippen molar-refractivity contribution in [2.45, 2.75) is 58.1 Å². The van der Waals surface area contributed by atoms with Crippen LogP contribution in [0, 0.1) is 5.92 Å². The first-order valence-corrected chi connectivity index (χ1v) is 5.60. The second-order valence-electron chi connectivity index (χ2n) is 4.58. The number of nitrogens with one attached hydrogen (secondary N) is 1. The van der Waals surface area contributed by atoms with Crippen molar-refractivity contribution in [2.75, 3.05) is 6.54 Å². The first kappa shape index (κ1) is 11.0. The lowest BCUT2D eigenvalue weighted by atomic mass is 10.0. The molecule has 1 aliphatic rings. The molecule has 1 saturated carbocycles. The van der Waals surface area contributed by atoms with E-state index < -0.39 is 0 Å². The van der Waals surface area contributed by atoms with E-state index in [1.807, 2.05) is 6.92 Å². The molecule has 0 aliphatic heterocycles. The monoisotopic (exact) mass is 185 g/mol. The van der Waals surface area contributed by atoms with Gasteiger partial charge >= 0.3 is 0 Å². The van der Waals surface area contributed by atoms with Crippen LogP contribution in [0.3, 0.4) is 0 Å². The molecule has 13 heavy (non-hydrogen) atoms. The van der Waals surface area contributed by atoms with E-state index in [4.69, 9.17) is 0 Å². The summed E-state index contributed by atoms with van der Waals surface area (Å²) in [5, 5.41) is 12.8. The van der Waals surface area contributed by atoms with Crippen molar-refractivity contribution >= 4 is 0 Å². The summed E-state index contributed by atoms with van der Waals surface area (Å²) in [5.74, 6) is 0.598. The highest BCUT2D eigenvalue weighted by atomic mass is 16.3. The Hall–Kier alpha value is -0.0800. The van der Waals surface area contributed by atoms with Gasteiger partial charge in [0, 0.05) is 6.04 Å². The number of aliphatic hydroxyl groups is 1. The van der Waals surface area contributed by atoms with Crippen LogP contribution in [0.4, 0.5) is 0 Å². The Labute approximate surface area is 81.7 Å². The third kappa shape index (κ3) is 4.63. The second-order valence-corrected chi connectivity index (χ2v) is 4.58. The highest BCUT2D eigenvalue weighted by Gasteiger charge is 2.15. The third-order valence-corrected chi connectivity index (χ3v) is 2.85. The molecule has 1 rings (SSSR count). The van der Waals surface area contributed by atoms with Gasteiger partial charge in [-0.3, -0.25) is 0 Å². The van der Waals surface area contributed by atoms with E-state index in [-0.39, 0.29) is 6.10 Å². The van der Waals surface area contributed by atoms with Crippen LogP contribution in [0.15, 0.2) is 0 Å². The molecule has 2 N–H and O–H groups in total. The van der Waals surface area contributed by atoms with Gasteiger partial charge in [-0.15, -0.1) is 0 Å². The maximum atomic E-state index is 9.19. The predicted molar refractivity (Wildman–Crippen MR) is 55.7 cm³/mol. The number of hydrogen-bond donors (Lipinski definition) is 2. The molecule has 0 aromatic rings. The predicted octanol–water partition coefficient (Wildman–Crippen LogP) is 1.93. The van der Waals surface area contributed by atoms with Crippen LogP contribution in [-0.4, -0.2) is 23.8 Å². The summed E-state index contributed by atoms with van der Waals surface area (Å²) in [6, 6.07) is 0.761. The summed E-state index contributed by atoms with van der Waals surface area (Å²) in [4.78, 5) is 0. The molecule has 0 aromatic heterocycles. The van der Waals surface area contributed by atoms with Crippen molar-refractivity contribution < 1.29 is 5.11 Å². The summed E-state index contributed by atoms with van der Waals surface area (Å²) >= 11 is 0. The second kappa shape index (κ2) is 5.61. The van der Waals surface area contributed by atoms with Crippen molar-refractivity contribution in [3.05, 3.63) is 0 Å². The number of aliphatic hydroxyl groups excluding tert-OH is 1. The van der Waals surface area contributed by atoms with E-state index in [2.05, 4.69) is 12.2 Å². The maximum absolute atomic E-state index is 9.19. The average molecular weight is 185 g/mol. The van der Waals surface area contributed by atoms with Gasteiger partial charge in [0.25, 0.3) is 0 Å². The van der Waals surface area contributed by atoms with Crippen molar-refractivity contribution in [3.63, 3.8) is 0 Å². The lowest BCUT2D eigenvalue weighted by Crippen LogP contribution is -2.31. The molecule has 0 saturated heterocycles. The summed E-state index contributed by atoms with van der Waals surface area (Å²) in [5.41, 5.74) is 0. The van der Waals surface area contributed by atoms with Gasteiger partial charge in [-0.05, 0) is 38.6 Å². The highest BCUT2D eigenvalue weighted by molar-refractivity contribution is 4.74. The Morgan fingerprint density at radius 2 is 1.92 bits per heavy atom. The summed E-state index contributed by atoms with van der Waals surface area (Å²) < 4.78 is 0. The van der Waals surface area contributed by atoms with Crippen molar-refractivity contribution in [1.29, 1.82) is 0 Å². The van der Waals surface area contributed by atoms with Gasteiger partial charge in [0.15, 0.2) is 0 Å². The van der Waals surface area contributed by atoms with Gasteiger partial charge < -0.3 is 10.4 Å². The van der Waals surface area contributed by atoms with Crippen LogP contribution < -0.4 is 5.32 Å². The van der Waals surface area contributed by atoms with Crippen molar-refractivity contribution in [3.8, 4) is 0 Å². The minimum absolute atomic E-state index is 0.152. The van der Waals surface area contributed by atoms with Gasteiger partial charge in [0.2, 0.25) is 0 Å². The number of hydrogen-bond acceptors (Lipinski definition) is 2. The molecular formula is C11H23NO. The molecule has 0 amide bonds. The lowest BCUT2D eigenvalue weighted by Gasteiger charge is -2.17. The Morgan fingerprint density at radius 3 is 2.46 bits per heavy atom. The van der Waals surface area contributed by atoms with Crippen molar-refractivity contribution in [1.82, 2.24) is 5.32 Å². The largest absolute Gasteiger partial charge is 0.393 e. The molecule has 78 valence electrons. The van der Waals surface area contributed by atoms with Crippen LogP contribution in [0.2, 0.25) is 0 Å². The molecule has 0 spiro atoms. The third-order valence-electron chi connectivity index (χ3n) is 2.85. The molecular weight excluding hydrogens is 162 g/mol. The molecule has 0 heterocycles. The number of rotatable bonds is 5. The molecule has 2 atom stereocenters. The van der Waals surface area contributed by atoms with Crippen LogP contribution in [0.1, 0.15) is 46.0 Å². The van der Waals surface area contributed by atoms with Crippen LogP contribution >= 0.6 is 0 Å². The Morgan fingerprint density at radius 1 is 1.31 bits per heavy atom. The molecule has 0 bridgehead atoms. The molecule has 0 aromatic carbocycles. The zero-order valence-electron chi connectivity index (χ0n) is 8.92. The van der Waals surface area contributed by atoms with E-state index in [0.29, 0.717) is 5.92 Å². The van der Waals surface area contributed by atoms with Crippen molar-refractivity contribution in [2.24, 2.45) is 5.92 Å². The van der Waals surface area contributed by atoms with Gasteiger partial charge in [-0.1, -0.05) is 19.8 Å². The average Bonchev–Trinajstić information content (AvgIpc) is 2.51. The molecule has 2 nitrogen and oxygen atoms in total. The summed E-state index contributed by atoms with van der Waals surface area (Å²) in [7, 11) is 0. The Bertz CT molecular complexity index is 130. The maximum Gasteiger partial charge on any atom is 0.0515 e. The quantitative estimate of drug-likeness (QED) is 0.686. The molecule has 1 aliphatic carbocycles. The Kier molecular flexibility index (Phi) is 4.74. The van der Waals surface area contributed by atoms with Crippen LogP contribution in [0.25, 0.3) is 0 Å². The topological polar surface area (TPSA) is 32.3 Å². The van der Waals surface area contributed by atoms with Gasteiger partial charge in [0.05, 0.1) is 6.10 Å². The smallest absolute Gasteiger partial charge is 0.0515 e. The lowest BCUT2D eigenvalue weighted by molar-refractivity contribution is 0.162. The minimum Gasteiger partial charge on any atom is -0.393 e. The zero-order valence-corrected chi connectivity index (χ0v) is 8.92. The normalized spacial score (nSPS) is 23.3. The Balaban J connectivity index is 2.03. The highest BCUT2D eigenvalue weighted by Crippen LogP contribution is 2.18.